The molecule has 9 heteroatoms. The van der Waals surface area contributed by atoms with Gasteiger partial charge >= 0.3 is 0 Å². The summed E-state index contributed by atoms with van der Waals surface area (Å²) in [6.07, 6.45) is 12.9. The van der Waals surface area contributed by atoms with Gasteiger partial charge in [-0.2, -0.15) is 5.10 Å². The van der Waals surface area contributed by atoms with Gasteiger partial charge in [0, 0.05) is 41.7 Å². The molecular weight excluding hydrogens is 476 g/mol. The number of fused-ring (bicyclic) bond motifs is 2. The van der Waals surface area contributed by atoms with Gasteiger partial charge in [0.1, 0.15) is 16.9 Å². The zero-order valence-corrected chi connectivity index (χ0v) is 20.5. The number of nitrogens with one attached hydrogen (secondary N) is 3. The third-order valence-corrected chi connectivity index (χ3v) is 7.21. The Labute approximate surface area is 217 Å². The number of carbonyl (C=O) groups excluding carboxylic acids is 1. The first-order valence-electron chi connectivity index (χ1n) is 12.7. The lowest BCUT2D eigenvalue weighted by Gasteiger charge is -2.11. The number of anilines is 1. The van der Waals surface area contributed by atoms with Crippen LogP contribution < -0.4 is 5.32 Å². The lowest BCUT2D eigenvalue weighted by molar-refractivity contribution is -0.119. The molecule has 0 saturated heterocycles. The first kappa shape index (κ1) is 22.3. The van der Waals surface area contributed by atoms with Crippen LogP contribution in [-0.4, -0.2) is 41.0 Å². The van der Waals surface area contributed by atoms with Crippen LogP contribution in [0.2, 0.25) is 0 Å². The van der Waals surface area contributed by atoms with E-state index in [1.807, 2.05) is 36.4 Å². The predicted molar refractivity (Wildman–Crippen MR) is 146 cm³/mol. The molecule has 1 aliphatic rings. The Morgan fingerprint density at radius 2 is 1.79 bits per heavy atom. The Kier molecular flexibility index (Phi) is 5.39. The SMILES string of the molecule is O=C(Nc1cncc(-c2ccc3[nH]nc(-c4cc5c(-c6ccncc6)ccnc5[nH]4)c3n2)c1)C1CCCC1. The number of hydrogen-bond acceptors (Lipinski definition) is 6. The molecule has 38 heavy (non-hydrogen) atoms. The largest absolute Gasteiger partial charge is 0.338 e. The number of aromatic nitrogens is 7. The molecule has 6 heterocycles. The molecular formula is C29H24N8O. The molecule has 6 aromatic rings. The molecule has 186 valence electrons. The van der Waals surface area contributed by atoms with Crippen molar-refractivity contribution in [2.75, 3.05) is 5.32 Å². The van der Waals surface area contributed by atoms with Crippen LogP contribution >= 0.6 is 0 Å². The maximum atomic E-state index is 12.6. The average molecular weight is 501 g/mol. The molecule has 1 amide bonds. The minimum atomic E-state index is 0.0699. The van der Waals surface area contributed by atoms with Crippen molar-refractivity contribution in [2.45, 2.75) is 25.7 Å². The van der Waals surface area contributed by atoms with Crippen LogP contribution in [0.15, 0.2) is 73.4 Å². The van der Waals surface area contributed by atoms with Crippen LogP contribution in [0.5, 0.6) is 0 Å². The Balaban J connectivity index is 1.25. The molecule has 3 N–H and O–H groups in total. The fourth-order valence-corrected chi connectivity index (χ4v) is 5.27. The van der Waals surface area contributed by atoms with Crippen molar-refractivity contribution in [1.29, 1.82) is 0 Å². The molecule has 0 aliphatic heterocycles. The summed E-state index contributed by atoms with van der Waals surface area (Å²) in [7, 11) is 0. The molecule has 1 saturated carbocycles. The van der Waals surface area contributed by atoms with Crippen LogP contribution in [-0.2, 0) is 4.79 Å². The van der Waals surface area contributed by atoms with E-state index < -0.39 is 0 Å². The molecule has 6 aromatic heterocycles. The van der Waals surface area contributed by atoms with Crippen molar-refractivity contribution in [2.24, 2.45) is 5.92 Å². The second-order valence-corrected chi connectivity index (χ2v) is 9.64. The van der Waals surface area contributed by atoms with Crippen molar-refractivity contribution in [3.8, 4) is 33.8 Å². The zero-order valence-electron chi connectivity index (χ0n) is 20.5. The summed E-state index contributed by atoms with van der Waals surface area (Å²) in [5.74, 6) is 0.159. The van der Waals surface area contributed by atoms with Crippen molar-refractivity contribution >= 4 is 33.7 Å². The monoisotopic (exact) mass is 500 g/mol. The van der Waals surface area contributed by atoms with Gasteiger partial charge in [0.05, 0.1) is 28.8 Å². The number of nitrogens with zero attached hydrogens (tertiary/aromatic N) is 5. The quantitative estimate of drug-likeness (QED) is 0.277. The molecule has 0 bridgehead atoms. The van der Waals surface area contributed by atoms with E-state index in [0.717, 1.165) is 75.8 Å². The van der Waals surface area contributed by atoms with Crippen molar-refractivity contribution < 1.29 is 4.79 Å². The second kappa shape index (κ2) is 9.19. The minimum absolute atomic E-state index is 0.0699. The highest BCUT2D eigenvalue weighted by molar-refractivity contribution is 5.99. The molecule has 0 spiro atoms. The summed E-state index contributed by atoms with van der Waals surface area (Å²) in [5.41, 5.74) is 8.24. The normalized spacial score (nSPS) is 13.9. The van der Waals surface area contributed by atoms with E-state index in [-0.39, 0.29) is 11.8 Å². The number of hydrogen-bond donors (Lipinski definition) is 3. The van der Waals surface area contributed by atoms with Crippen LogP contribution in [0.3, 0.4) is 0 Å². The lowest BCUT2D eigenvalue weighted by Crippen LogP contribution is -2.20. The van der Waals surface area contributed by atoms with Crippen LogP contribution in [0.4, 0.5) is 5.69 Å². The Bertz CT molecular complexity index is 1780. The van der Waals surface area contributed by atoms with E-state index in [9.17, 15) is 4.79 Å². The molecule has 7 rings (SSSR count). The Morgan fingerprint density at radius 3 is 2.66 bits per heavy atom. The standard InChI is InChI=1S/C29H24N8O/c38-29(18-3-1-2-4-18)33-20-13-19(15-31-16-20)23-5-6-24-26(34-23)27(37-36-24)25-14-22-21(9-12-32-28(22)35-25)17-7-10-30-11-8-17/h5-16,18H,1-4H2,(H,32,35)(H,33,38)(H,36,37). The summed E-state index contributed by atoms with van der Waals surface area (Å²) in [6, 6.07) is 13.8. The third-order valence-electron chi connectivity index (χ3n) is 7.21. The highest BCUT2D eigenvalue weighted by Gasteiger charge is 2.23. The number of rotatable bonds is 5. The third kappa shape index (κ3) is 3.98. The van der Waals surface area contributed by atoms with Gasteiger partial charge in [-0.15, -0.1) is 0 Å². The summed E-state index contributed by atoms with van der Waals surface area (Å²) < 4.78 is 0. The van der Waals surface area contributed by atoms with Gasteiger partial charge in [-0.05, 0) is 66.4 Å². The van der Waals surface area contributed by atoms with Crippen LogP contribution in [0.1, 0.15) is 25.7 Å². The number of H-pyrrole nitrogens is 2. The van der Waals surface area contributed by atoms with Crippen molar-refractivity contribution in [3.05, 3.63) is 73.4 Å². The molecule has 9 nitrogen and oxygen atoms in total. The van der Waals surface area contributed by atoms with Gasteiger partial charge < -0.3 is 10.3 Å². The fourth-order valence-electron chi connectivity index (χ4n) is 5.27. The first-order valence-corrected chi connectivity index (χ1v) is 12.7. The topological polar surface area (TPSA) is 125 Å². The molecule has 1 aliphatic carbocycles. The summed E-state index contributed by atoms with van der Waals surface area (Å²) >= 11 is 0. The Hall–Kier alpha value is -4.92. The van der Waals surface area contributed by atoms with Gasteiger partial charge in [0.2, 0.25) is 5.91 Å². The zero-order chi connectivity index (χ0) is 25.5. The molecule has 1 fully saturated rings. The fraction of sp³-hybridized carbons (Fsp3) is 0.172. The minimum Gasteiger partial charge on any atom is -0.338 e. The smallest absolute Gasteiger partial charge is 0.227 e. The van der Waals surface area contributed by atoms with E-state index in [2.05, 4.69) is 41.5 Å². The van der Waals surface area contributed by atoms with E-state index in [4.69, 9.17) is 4.98 Å². The average Bonchev–Trinajstić information content (AvgIpc) is 3.73. The number of carbonyl (C=O) groups is 1. The van der Waals surface area contributed by atoms with E-state index in [0.29, 0.717) is 11.4 Å². The van der Waals surface area contributed by atoms with Gasteiger partial charge in [-0.1, -0.05) is 12.8 Å². The number of pyridine rings is 4. The van der Waals surface area contributed by atoms with Gasteiger partial charge in [0.15, 0.2) is 0 Å². The summed E-state index contributed by atoms with van der Waals surface area (Å²) in [6.45, 7) is 0. The predicted octanol–water partition coefficient (Wildman–Crippen LogP) is 5.75. The Morgan fingerprint density at radius 1 is 0.921 bits per heavy atom. The van der Waals surface area contributed by atoms with E-state index in [1.165, 1.54) is 0 Å². The molecule has 0 atom stereocenters. The second-order valence-electron chi connectivity index (χ2n) is 9.64. The van der Waals surface area contributed by atoms with Crippen LogP contribution in [0, 0.1) is 5.92 Å². The van der Waals surface area contributed by atoms with Gasteiger partial charge in [-0.25, -0.2) is 9.97 Å². The van der Waals surface area contributed by atoms with Crippen LogP contribution in [0.25, 0.3) is 55.8 Å². The van der Waals surface area contributed by atoms with E-state index >= 15 is 0 Å². The number of amides is 1. The summed E-state index contributed by atoms with van der Waals surface area (Å²) in [4.78, 5) is 34.0. The van der Waals surface area contributed by atoms with Gasteiger partial charge in [-0.3, -0.25) is 19.9 Å². The van der Waals surface area contributed by atoms with Crippen molar-refractivity contribution in [3.63, 3.8) is 0 Å². The lowest BCUT2D eigenvalue weighted by atomic mass is 10.1. The molecule has 0 aromatic carbocycles. The van der Waals surface area contributed by atoms with Gasteiger partial charge in [0.25, 0.3) is 0 Å². The molecule has 0 radical (unpaired) electrons. The van der Waals surface area contributed by atoms with E-state index in [1.54, 1.807) is 31.0 Å². The highest BCUT2D eigenvalue weighted by Crippen LogP contribution is 2.33. The molecule has 0 unspecified atom stereocenters. The highest BCUT2D eigenvalue weighted by atomic mass is 16.1. The maximum absolute atomic E-state index is 12.6. The maximum Gasteiger partial charge on any atom is 0.227 e. The summed E-state index contributed by atoms with van der Waals surface area (Å²) in [5, 5.41) is 11.7. The van der Waals surface area contributed by atoms with Crippen molar-refractivity contribution in [1.82, 2.24) is 35.1 Å². The first-order chi connectivity index (χ1) is 18.7. The number of aromatic amines is 2.